The molecule has 0 bridgehead atoms. The minimum atomic E-state index is -0.238. The molecular formula is C18H22N2O3. The fourth-order valence-corrected chi connectivity index (χ4v) is 2.34. The topological polar surface area (TPSA) is 59.6 Å². The fraction of sp³-hybridized carbons (Fsp3) is 0.278. The van der Waals surface area contributed by atoms with Crippen LogP contribution in [0.3, 0.4) is 0 Å². The lowest BCUT2D eigenvalue weighted by Crippen LogP contribution is -2.32. The van der Waals surface area contributed by atoms with Crippen molar-refractivity contribution in [2.75, 3.05) is 19.5 Å². The predicted octanol–water partition coefficient (Wildman–Crippen LogP) is 3.98. The van der Waals surface area contributed by atoms with E-state index in [0.29, 0.717) is 11.5 Å². The zero-order valence-electron chi connectivity index (χ0n) is 13.6. The largest absolute Gasteiger partial charge is 0.493 e. The number of ether oxygens (including phenoxy) is 2. The Bertz CT molecular complexity index is 644. The van der Waals surface area contributed by atoms with Crippen molar-refractivity contribution in [3.05, 3.63) is 54.1 Å². The zero-order chi connectivity index (χ0) is 16.7. The average molecular weight is 314 g/mol. The van der Waals surface area contributed by atoms with E-state index in [-0.39, 0.29) is 12.1 Å². The quantitative estimate of drug-likeness (QED) is 0.848. The molecule has 5 heteroatoms. The number of carbonyl (C=O) groups is 1. The maximum absolute atomic E-state index is 12.2. The number of rotatable bonds is 6. The van der Waals surface area contributed by atoms with Crippen LogP contribution in [0.4, 0.5) is 10.5 Å². The molecule has 0 aliphatic rings. The van der Waals surface area contributed by atoms with E-state index < -0.39 is 0 Å². The number of para-hydroxylation sites is 1. The standard InChI is InChI=1S/C18H22N2O3/c1-4-15(13-10-11-16(22-2)17(12-13)23-3)20-18(21)19-14-8-6-5-7-9-14/h5-12,15H,4H2,1-3H3,(H2,19,20,21)/t15-/m1/s1. The summed E-state index contributed by atoms with van der Waals surface area (Å²) in [7, 11) is 3.19. The van der Waals surface area contributed by atoms with Gasteiger partial charge in [-0.3, -0.25) is 0 Å². The summed E-state index contributed by atoms with van der Waals surface area (Å²) in [5, 5.41) is 5.80. The van der Waals surface area contributed by atoms with Gasteiger partial charge in [0.25, 0.3) is 0 Å². The van der Waals surface area contributed by atoms with Gasteiger partial charge in [-0.1, -0.05) is 31.2 Å². The van der Waals surface area contributed by atoms with E-state index in [1.54, 1.807) is 14.2 Å². The van der Waals surface area contributed by atoms with Gasteiger partial charge < -0.3 is 20.1 Å². The van der Waals surface area contributed by atoms with Crippen LogP contribution >= 0.6 is 0 Å². The van der Waals surface area contributed by atoms with E-state index in [9.17, 15) is 4.79 Å². The molecule has 0 aromatic heterocycles. The molecule has 122 valence electrons. The minimum absolute atomic E-state index is 0.112. The highest BCUT2D eigenvalue weighted by Crippen LogP contribution is 2.30. The first kappa shape index (κ1) is 16.7. The molecule has 0 fully saturated rings. The van der Waals surface area contributed by atoms with Crippen LogP contribution in [0.1, 0.15) is 24.9 Å². The Labute approximate surface area is 136 Å². The highest BCUT2D eigenvalue weighted by atomic mass is 16.5. The molecule has 0 aliphatic carbocycles. The number of methoxy groups -OCH3 is 2. The molecule has 2 aromatic carbocycles. The van der Waals surface area contributed by atoms with Crippen molar-refractivity contribution in [2.45, 2.75) is 19.4 Å². The van der Waals surface area contributed by atoms with E-state index in [0.717, 1.165) is 17.7 Å². The van der Waals surface area contributed by atoms with Crippen LogP contribution in [-0.4, -0.2) is 20.3 Å². The Kier molecular flexibility index (Phi) is 5.86. The monoisotopic (exact) mass is 314 g/mol. The summed E-state index contributed by atoms with van der Waals surface area (Å²) in [4.78, 5) is 12.2. The Hall–Kier alpha value is -2.69. The number of urea groups is 1. The Morgan fingerprint density at radius 1 is 1.04 bits per heavy atom. The van der Waals surface area contributed by atoms with Crippen molar-refractivity contribution in [1.82, 2.24) is 5.32 Å². The maximum Gasteiger partial charge on any atom is 0.319 e. The van der Waals surface area contributed by atoms with Crippen LogP contribution in [0.15, 0.2) is 48.5 Å². The van der Waals surface area contributed by atoms with Gasteiger partial charge >= 0.3 is 6.03 Å². The number of benzene rings is 2. The second kappa shape index (κ2) is 8.08. The number of amides is 2. The van der Waals surface area contributed by atoms with Gasteiger partial charge in [0.2, 0.25) is 0 Å². The first-order valence-electron chi connectivity index (χ1n) is 7.52. The van der Waals surface area contributed by atoms with Gasteiger partial charge in [-0.05, 0) is 36.2 Å². The fourth-order valence-electron chi connectivity index (χ4n) is 2.34. The van der Waals surface area contributed by atoms with E-state index in [2.05, 4.69) is 10.6 Å². The molecule has 5 nitrogen and oxygen atoms in total. The number of hydrogen-bond acceptors (Lipinski definition) is 3. The van der Waals surface area contributed by atoms with Gasteiger partial charge in [0.05, 0.1) is 20.3 Å². The highest BCUT2D eigenvalue weighted by molar-refractivity contribution is 5.89. The number of nitrogens with one attached hydrogen (secondary N) is 2. The van der Waals surface area contributed by atoms with E-state index in [4.69, 9.17) is 9.47 Å². The van der Waals surface area contributed by atoms with Crippen molar-refractivity contribution in [2.24, 2.45) is 0 Å². The minimum Gasteiger partial charge on any atom is -0.493 e. The van der Waals surface area contributed by atoms with Gasteiger partial charge in [-0.2, -0.15) is 0 Å². The molecule has 2 N–H and O–H groups in total. The maximum atomic E-state index is 12.2. The molecule has 2 aromatic rings. The predicted molar refractivity (Wildman–Crippen MR) is 91.2 cm³/mol. The van der Waals surface area contributed by atoms with Crippen LogP contribution < -0.4 is 20.1 Å². The van der Waals surface area contributed by atoms with Gasteiger partial charge in [0.1, 0.15) is 0 Å². The molecule has 23 heavy (non-hydrogen) atoms. The second-order valence-corrected chi connectivity index (χ2v) is 5.04. The van der Waals surface area contributed by atoms with Gasteiger partial charge in [0, 0.05) is 5.69 Å². The summed E-state index contributed by atoms with van der Waals surface area (Å²) in [5.74, 6) is 1.31. The summed E-state index contributed by atoms with van der Waals surface area (Å²) in [6, 6.07) is 14.6. The Balaban J connectivity index is 2.09. The Morgan fingerprint density at radius 2 is 1.74 bits per heavy atom. The van der Waals surface area contributed by atoms with Crippen LogP contribution in [0, 0.1) is 0 Å². The third-order valence-electron chi connectivity index (χ3n) is 3.56. The molecule has 0 saturated heterocycles. The second-order valence-electron chi connectivity index (χ2n) is 5.04. The Morgan fingerprint density at radius 3 is 2.35 bits per heavy atom. The summed E-state index contributed by atoms with van der Waals surface area (Å²) >= 11 is 0. The molecule has 2 rings (SSSR count). The molecule has 2 amide bonds. The third-order valence-corrected chi connectivity index (χ3v) is 3.56. The average Bonchev–Trinajstić information content (AvgIpc) is 2.60. The van der Waals surface area contributed by atoms with Crippen molar-refractivity contribution in [1.29, 1.82) is 0 Å². The summed E-state index contributed by atoms with van der Waals surface area (Å²) in [6.45, 7) is 2.02. The van der Waals surface area contributed by atoms with Crippen LogP contribution in [-0.2, 0) is 0 Å². The normalized spacial score (nSPS) is 11.4. The van der Waals surface area contributed by atoms with E-state index >= 15 is 0 Å². The molecular weight excluding hydrogens is 292 g/mol. The summed E-state index contributed by atoms with van der Waals surface area (Å²) in [5.41, 5.74) is 1.72. The molecule has 0 radical (unpaired) electrons. The van der Waals surface area contributed by atoms with Crippen LogP contribution in [0.25, 0.3) is 0 Å². The molecule has 0 unspecified atom stereocenters. The van der Waals surface area contributed by atoms with E-state index in [1.165, 1.54) is 0 Å². The van der Waals surface area contributed by atoms with Crippen LogP contribution in [0.2, 0.25) is 0 Å². The van der Waals surface area contributed by atoms with Gasteiger partial charge in [-0.25, -0.2) is 4.79 Å². The first-order valence-corrected chi connectivity index (χ1v) is 7.52. The lowest BCUT2D eigenvalue weighted by Gasteiger charge is -2.19. The van der Waals surface area contributed by atoms with Crippen LogP contribution in [0.5, 0.6) is 11.5 Å². The number of anilines is 1. The molecule has 0 aliphatic heterocycles. The summed E-state index contributed by atoms with van der Waals surface area (Å²) in [6.07, 6.45) is 0.762. The van der Waals surface area contributed by atoms with Crippen molar-refractivity contribution in [3.8, 4) is 11.5 Å². The smallest absolute Gasteiger partial charge is 0.319 e. The molecule has 0 spiro atoms. The summed E-state index contributed by atoms with van der Waals surface area (Å²) < 4.78 is 10.6. The molecule has 1 atom stereocenters. The lowest BCUT2D eigenvalue weighted by molar-refractivity contribution is 0.248. The SMILES string of the molecule is CC[C@@H](NC(=O)Nc1ccccc1)c1ccc(OC)c(OC)c1. The lowest BCUT2D eigenvalue weighted by atomic mass is 10.0. The van der Waals surface area contributed by atoms with E-state index in [1.807, 2.05) is 55.5 Å². The number of carbonyl (C=O) groups excluding carboxylic acids is 1. The molecule has 0 heterocycles. The van der Waals surface area contributed by atoms with Crippen molar-refractivity contribution >= 4 is 11.7 Å². The molecule has 0 saturated carbocycles. The zero-order valence-corrected chi connectivity index (χ0v) is 13.6. The van der Waals surface area contributed by atoms with Crippen molar-refractivity contribution < 1.29 is 14.3 Å². The number of hydrogen-bond donors (Lipinski definition) is 2. The third kappa shape index (κ3) is 4.39. The van der Waals surface area contributed by atoms with Gasteiger partial charge in [-0.15, -0.1) is 0 Å². The highest BCUT2D eigenvalue weighted by Gasteiger charge is 2.15. The van der Waals surface area contributed by atoms with Crippen molar-refractivity contribution in [3.63, 3.8) is 0 Å². The van der Waals surface area contributed by atoms with Gasteiger partial charge in [0.15, 0.2) is 11.5 Å². The first-order chi connectivity index (χ1) is 11.2.